The summed E-state index contributed by atoms with van der Waals surface area (Å²) in [4.78, 5) is 44.8. The molecule has 0 atom stereocenters. The van der Waals surface area contributed by atoms with E-state index in [9.17, 15) is 14.4 Å². The molecule has 0 aliphatic heterocycles. The van der Waals surface area contributed by atoms with E-state index in [0.717, 1.165) is 16.0 Å². The SMILES string of the molecule is C=CC(=O)N(C[C]=O)c1ncccc1C(=O)N(CC)OC. The monoisotopic (exact) mass is 290 g/mol. The maximum absolute atomic E-state index is 12.3. The van der Waals surface area contributed by atoms with E-state index in [0.29, 0.717) is 6.54 Å². The minimum absolute atomic E-state index is 0.0613. The molecule has 1 radical (unpaired) electrons. The van der Waals surface area contributed by atoms with E-state index < -0.39 is 11.8 Å². The average molecular weight is 290 g/mol. The quantitative estimate of drug-likeness (QED) is 0.546. The van der Waals surface area contributed by atoms with Crippen molar-refractivity contribution in [3.05, 3.63) is 36.5 Å². The van der Waals surface area contributed by atoms with Gasteiger partial charge in [-0.3, -0.25) is 24.1 Å². The first-order chi connectivity index (χ1) is 10.1. The summed E-state index contributed by atoms with van der Waals surface area (Å²) in [5.41, 5.74) is 0.145. The van der Waals surface area contributed by atoms with Gasteiger partial charge in [0, 0.05) is 12.7 Å². The molecule has 0 aromatic carbocycles. The Morgan fingerprint density at radius 1 is 1.52 bits per heavy atom. The molecule has 1 heterocycles. The van der Waals surface area contributed by atoms with Crippen molar-refractivity contribution in [1.29, 1.82) is 0 Å². The Morgan fingerprint density at radius 3 is 2.76 bits per heavy atom. The summed E-state index contributed by atoms with van der Waals surface area (Å²) >= 11 is 0. The first-order valence-electron chi connectivity index (χ1n) is 6.20. The molecule has 0 saturated heterocycles. The van der Waals surface area contributed by atoms with Crippen LogP contribution in [0.5, 0.6) is 0 Å². The topological polar surface area (TPSA) is 79.8 Å². The molecule has 0 aliphatic rings. The third kappa shape index (κ3) is 3.73. The smallest absolute Gasteiger partial charge is 0.281 e. The van der Waals surface area contributed by atoms with E-state index in [1.54, 1.807) is 19.3 Å². The van der Waals surface area contributed by atoms with Crippen molar-refractivity contribution in [2.24, 2.45) is 0 Å². The zero-order chi connectivity index (χ0) is 15.8. The minimum Gasteiger partial charge on any atom is -0.289 e. The number of nitrogens with zero attached hydrogens (tertiary/aromatic N) is 3. The lowest BCUT2D eigenvalue weighted by Crippen LogP contribution is -2.36. The van der Waals surface area contributed by atoms with Gasteiger partial charge < -0.3 is 0 Å². The Kier molecular flexibility index (Phi) is 6.22. The molecular weight excluding hydrogens is 274 g/mol. The fraction of sp³-hybridized carbons (Fsp3) is 0.286. The summed E-state index contributed by atoms with van der Waals surface area (Å²) in [5, 5.41) is 1.11. The van der Waals surface area contributed by atoms with Gasteiger partial charge in [0.25, 0.3) is 11.8 Å². The largest absolute Gasteiger partial charge is 0.289 e. The van der Waals surface area contributed by atoms with Crippen molar-refractivity contribution < 1.29 is 19.2 Å². The lowest BCUT2D eigenvalue weighted by atomic mass is 10.2. The van der Waals surface area contributed by atoms with Crippen LogP contribution in [0.15, 0.2) is 31.0 Å². The Bertz CT molecular complexity index is 541. The van der Waals surface area contributed by atoms with Gasteiger partial charge in [-0.2, -0.15) is 0 Å². The molecule has 7 heteroatoms. The van der Waals surface area contributed by atoms with Gasteiger partial charge >= 0.3 is 0 Å². The van der Waals surface area contributed by atoms with Crippen LogP contribution in [0.1, 0.15) is 17.3 Å². The molecule has 0 unspecified atom stereocenters. The molecule has 0 spiro atoms. The highest BCUT2D eigenvalue weighted by atomic mass is 16.7. The van der Waals surface area contributed by atoms with Gasteiger partial charge in [-0.05, 0) is 25.1 Å². The van der Waals surface area contributed by atoms with E-state index in [1.807, 2.05) is 0 Å². The van der Waals surface area contributed by atoms with Crippen molar-refractivity contribution in [2.75, 3.05) is 25.1 Å². The predicted octanol–water partition coefficient (Wildman–Crippen LogP) is 0.734. The Balaban J connectivity index is 3.29. The highest BCUT2D eigenvalue weighted by molar-refractivity contribution is 6.07. The summed E-state index contributed by atoms with van der Waals surface area (Å²) in [6.07, 6.45) is 4.07. The molecule has 0 bridgehead atoms. The number of hydroxylamine groups is 2. The second kappa shape index (κ2) is 7.91. The van der Waals surface area contributed by atoms with Gasteiger partial charge in [-0.1, -0.05) is 6.58 Å². The lowest BCUT2D eigenvalue weighted by Gasteiger charge is -2.23. The van der Waals surface area contributed by atoms with E-state index in [-0.39, 0.29) is 17.9 Å². The molecule has 0 N–H and O–H groups in total. The number of anilines is 1. The number of hydrogen-bond acceptors (Lipinski definition) is 5. The number of pyridine rings is 1. The summed E-state index contributed by atoms with van der Waals surface area (Å²) in [5.74, 6) is -0.950. The normalized spacial score (nSPS) is 9.81. The minimum atomic E-state index is -0.549. The standard InChI is InChI=1S/C14H16N3O4/c1-4-12(19)16(9-10-18)13-11(7-6-8-15-13)14(20)17(5-2)21-3/h4,6-8H,1,5,9H2,2-3H3. The van der Waals surface area contributed by atoms with Crippen LogP contribution in [0.2, 0.25) is 0 Å². The number of carbonyl (C=O) groups is 2. The highest BCUT2D eigenvalue weighted by Crippen LogP contribution is 2.19. The maximum atomic E-state index is 12.3. The molecule has 1 aromatic heterocycles. The fourth-order valence-electron chi connectivity index (χ4n) is 1.70. The fourth-order valence-corrected chi connectivity index (χ4v) is 1.70. The third-order valence-corrected chi connectivity index (χ3v) is 2.67. The zero-order valence-corrected chi connectivity index (χ0v) is 11.9. The van der Waals surface area contributed by atoms with Crippen LogP contribution in [-0.2, 0) is 14.4 Å². The van der Waals surface area contributed by atoms with Crippen LogP contribution in [0.4, 0.5) is 5.82 Å². The summed E-state index contributed by atoms with van der Waals surface area (Å²) in [6, 6.07) is 3.06. The molecule has 0 fully saturated rings. The van der Waals surface area contributed by atoms with Gasteiger partial charge in [0.2, 0.25) is 6.29 Å². The summed E-state index contributed by atoms with van der Waals surface area (Å²) < 4.78 is 0. The Labute approximate surface area is 122 Å². The maximum Gasteiger partial charge on any atom is 0.281 e. The van der Waals surface area contributed by atoms with Crippen LogP contribution < -0.4 is 4.90 Å². The Hall–Kier alpha value is -2.54. The predicted molar refractivity (Wildman–Crippen MR) is 76.2 cm³/mol. The molecule has 0 aliphatic carbocycles. The van der Waals surface area contributed by atoms with Crippen LogP contribution in [0.3, 0.4) is 0 Å². The first-order valence-corrected chi connectivity index (χ1v) is 6.20. The van der Waals surface area contributed by atoms with Gasteiger partial charge in [-0.15, -0.1) is 0 Å². The number of carbonyl (C=O) groups excluding carboxylic acids is 3. The van der Waals surface area contributed by atoms with Gasteiger partial charge in [0.15, 0.2) is 0 Å². The van der Waals surface area contributed by atoms with Gasteiger partial charge in [0.05, 0.1) is 19.2 Å². The molecule has 1 aromatic rings. The number of aromatic nitrogens is 1. The van der Waals surface area contributed by atoms with Crippen molar-refractivity contribution in [1.82, 2.24) is 10.0 Å². The molecule has 1 rings (SSSR count). The van der Waals surface area contributed by atoms with Gasteiger partial charge in [-0.25, -0.2) is 10.0 Å². The lowest BCUT2D eigenvalue weighted by molar-refractivity contribution is -0.114. The van der Waals surface area contributed by atoms with Crippen LogP contribution >= 0.6 is 0 Å². The zero-order valence-electron chi connectivity index (χ0n) is 11.9. The number of hydrogen-bond donors (Lipinski definition) is 0. The first kappa shape index (κ1) is 16.5. The van der Waals surface area contributed by atoms with E-state index in [4.69, 9.17) is 4.84 Å². The van der Waals surface area contributed by atoms with Crippen molar-refractivity contribution in [3.8, 4) is 0 Å². The number of amides is 2. The highest BCUT2D eigenvalue weighted by Gasteiger charge is 2.24. The van der Waals surface area contributed by atoms with Crippen LogP contribution in [0.25, 0.3) is 0 Å². The Morgan fingerprint density at radius 2 is 2.24 bits per heavy atom. The van der Waals surface area contributed by atoms with Crippen molar-refractivity contribution in [2.45, 2.75) is 6.92 Å². The average Bonchev–Trinajstić information content (AvgIpc) is 2.53. The van der Waals surface area contributed by atoms with E-state index >= 15 is 0 Å². The van der Waals surface area contributed by atoms with E-state index in [1.165, 1.54) is 19.4 Å². The van der Waals surface area contributed by atoms with Crippen molar-refractivity contribution in [3.63, 3.8) is 0 Å². The molecule has 2 amide bonds. The van der Waals surface area contributed by atoms with E-state index in [2.05, 4.69) is 11.6 Å². The second-order valence-electron chi connectivity index (χ2n) is 3.83. The molecule has 21 heavy (non-hydrogen) atoms. The summed E-state index contributed by atoms with van der Waals surface area (Å²) in [6.45, 7) is 5.07. The summed E-state index contributed by atoms with van der Waals surface area (Å²) in [7, 11) is 1.36. The van der Waals surface area contributed by atoms with Crippen LogP contribution in [0, 0.1) is 0 Å². The van der Waals surface area contributed by atoms with Gasteiger partial charge in [0.1, 0.15) is 5.82 Å². The van der Waals surface area contributed by atoms with Crippen LogP contribution in [-0.4, -0.2) is 48.3 Å². The molecular formula is C14H16N3O4. The molecule has 0 saturated carbocycles. The third-order valence-electron chi connectivity index (χ3n) is 2.67. The molecule has 111 valence electrons. The second-order valence-corrected chi connectivity index (χ2v) is 3.83. The number of rotatable bonds is 7. The molecule has 7 nitrogen and oxygen atoms in total. The van der Waals surface area contributed by atoms with Crippen molar-refractivity contribution >= 4 is 23.9 Å².